The van der Waals surface area contributed by atoms with Crippen molar-refractivity contribution in [3.8, 4) is 0 Å². The summed E-state index contributed by atoms with van der Waals surface area (Å²) in [6, 6.07) is 3.89. The largest absolute Gasteiger partial charge is 0.395 e. The van der Waals surface area contributed by atoms with Gasteiger partial charge in [0.1, 0.15) is 5.52 Å². The summed E-state index contributed by atoms with van der Waals surface area (Å²) in [5, 5.41) is 5.71. The third kappa shape index (κ3) is 2.47. The molecule has 0 aliphatic heterocycles. The van der Waals surface area contributed by atoms with E-state index < -0.39 is 0 Å². The number of anilines is 2. The first-order valence-corrected chi connectivity index (χ1v) is 6.16. The molecule has 0 aliphatic rings. The third-order valence-corrected chi connectivity index (χ3v) is 3.28. The van der Waals surface area contributed by atoms with Gasteiger partial charge in [-0.15, -0.1) is 11.3 Å². The maximum atomic E-state index is 11.1. The van der Waals surface area contributed by atoms with Crippen LogP contribution < -0.4 is 16.4 Å². The van der Waals surface area contributed by atoms with Crippen molar-refractivity contribution in [2.24, 2.45) is 0 Å². The summed E-state index contributed by atoms with van der Waals surface area (Å²) in [5.74, 6) is 0.00538. The van der Waals surface area contributed by atoms with E-state index in [0.29, 0.717) is 18.7 Å². The Balaban J connectivity index is 2.08. The summed E-state index contributed by atoms with van der Waals surface area (Å²) in [6.07, 6.45) is 0.422. The molecule has 2 rings (SSSR count). The van der Waals surface area contributed by atoms with Crippen LogP contribution in [0.2, 0.25) is 0 Å². The van der Waals surface area contributed by atoms with Crippen LogP contribution in [0.15, 0.2) is 17.6 Å². The minimum atomic E-state index is 0.00538. The molecule has 5 nitrogen and oxygen atoms in total. The molecule has 6 heteroatoms. The van der Waals surface area contributed by atoms with Crippen LogP contribution in [0, 0.1) is 0 Å². The molecule has 4 N–H and O–H groups in total. The van der Waals surface area contributed by atoms with E-state index in [2.05, 4.69) is 15.6 Å². The van der Waals surface area contributed by atoms with Gasteiger partial charge in [-0.1, -0.05) is 0 Å². The summed E-state index contributed by atoms with van der Waals surface area (Å²) in [4.78, 5) is 15.3. The second-order valence-corrected chi connectivity index (χ2v) is 4.46. The van der Waals surface area contributed by atoms with Gasteiger partial charge in [0, 0.05) is 20.0 Å². The van der Waals surface area contributed by atoms with E-state index in [1.165, 1.54) is 0 Å². The lowest BCUT2D eigenvalue weighted by Gasteiger charge is -2.08. The molecule has 0 bridgehead atoms. The number of hydrogen-bond donors (Lipinski definition) is 3. The van der Waals surface area contributed by atoms with Gasteiger partial charge in [0.05, 0.1) is 21.6 Å². The van der Waals surface area contributed by atoms with E-state index in [9.17, 15) is 4.79 Å². The highest BCUT2D eigenvalue weighted by Crippen LogP contribution is 2.29. The molecule has 0 fully saturated rings. The lowest BCUT2D eigenvalue weighted by Crippen LogP contribution is -2.21. The molecule has 0 saturated carbocycles. The first-order valence-electron chi connectivity index (χ1n) is 5.28. The first-order chi connectivity index (χ1) is 8.22. The molecule has 1 aromatic heterocycles. The van der Waals surface area contributed by atoms with Gasteiger partial charge in [0.2, 0.25) is 5.91 Å². The maximum Gasteiger partial charge on any atom is 0.221 e. The number of nitrogen functional groups attached to an aromatic ring is 1. The number of benzene rings is 1. The second-order valence-electron chi connectivity index (χ2n) is 3.58. The molecule has 2 aromatic rings. The maximum absolute atomic E-state index is 11.1. The van der Waals surface area contributed by atoms with Crippen molar-refractivity contribution in [3.05, 3.63) is 17.6 Å². The third-order valence-electron chi connectivity index (χ3n) is 2.49. The van der Waals surface area contributed by atoms with Crippen LogP contribution in [-0.4, -0.2) is 24.5 Å². The number of nitrogens with two attached hydrogens (primary N) is 1. The van der Waals surface area contributed by atoms with E-state index in [0.717, 1.165) is 15.9 Å². The van der Waals surface area contributed by atoms with Crippen LogP contribution in [0.5, 0.6) is 0 Å². The molecule has 0 spiro atoms. The van der Waals surface area contributed by atoms with Crippen LogP contribution in [0.3, 0.4) is 0 Å². The molecular formula is C11H14N4OS. The molecule has 0 unspecified atom stereocenters. The highest BCUT2D eigenvalue weighted by Gasteiger charge is 2.06. The van der Waals surface area contributed by atoms with E-state index in [1.807, 2.05) is 12.1 Å². The zero-order valence-electron chi connectivity index (χ0n) is 9.49. The molecule has 0 saturated heterocycles. The number of carbonyl (C=O) groups excluding carboxylic acids is 1. The van der Waals surface area contributed by atoms with E-state index >= 15 is 0 Å². The number of amides is 1. The Morgan fingerprint density at radius 2 is 2.35 bits per heavy atom. The molecule has 1 aromatic carbocycles. The number of hydrogen-bond acceptors (Lipinski definition) is 5. The quantitative estimate of drug-likeness (QED) is 0.717. The standard InChI is InChI=1S/C11H14N4OS/c1-13-9(16)4-5-14-7-2-3-8-11(10(7)12)15-6-17-8/h2-3,6,14H,4-5,12H2,1H3,(H,13,16). The zero-order chi connectivity index (χ0) is 12.3. The Bertz CT molecular complexity index is 537. The molecular weight excluding hydrogens is 236 g/mol. The Morgan fingerprint density at radius 3 is 3.12 bits per heavy atom. The zero-order valence-corrected chi connectivity index (χ0v) is 10.3. The number of aromatic nitrogens is 1. The van der Waals surface area contributed by atoms with Crippen molar-refractivity contribution in [1.29, 1.82) is 0 Å². The Labute approximate surface area is 103 Å². The van der Waals surface area contributed by atoms with Crippen LogP contribution in [0.4, 0.5) is 11.4 Å². The van der Waals surface area contributed by atoms with Gasteiger partial charge in [0.15, 0.2) is 0 Å². The van der Waals surface area contributed by atoms with Crippen LogP contribution in [0.25, 0.3) is 10.2 Å². The fourth-order valence-corrected chi connectivity index (χ4v) is 2.23. The minimum Gasteiger partial charge on any atom is -0.395 e. The van der Waals surface area contributed by atoms with Gasteiger partial charge < -0.3 is 16.4 Å². The number of nitrogens with one attached hydrogen (secondary N) is 2. The number of carbonyl (C=O) groups is 1. The highest BCUT2D eigenvalue weighted by atomic mass is 32.1. The molecule has 90 valence electrons. The van der Waals surface area contributed by atoms with Crippen molar-refractivity contribution in [3.63, 3.8) is 0 Å². The van der Waals surface area contributed by atoms with Crippen molar-refractivity contribution in [2.45, 2.75) is 6.42 Å². The number of fused-ring (bicyclic) bond motifs is 1. The van der Waals surface area contributed by atoms with Crippen molar-refractivity contribution >= 4 is 38.8 Å². The molecule has 0 atom stereocenters. The number of rotatable bonds is 4. The summed E-state index contributed by atoms with van der Waals surface area (Å²) in [7, 11) is 1.62. The molecule has 0 aliphatic carbocycles. The predicted octanol–water partition coefficient (Wildman–Crippen LogP) is 1.43. The van der Waals surface area contributed by atoms with E-state index in [4.69, 9.17) is 5.73 Å². The van der Waals surface area contributed by atoms with Crippen molar-refractivity contribution < 1.29 is 4.79 Å². The number of thiazole rings is 1. The average molecular weight is 250 g/mol. The lowest BCUT2D eigenvalue weighted by atomic mass is 10.2. The van der Waals surface area contributed by atoms with E-state index in [1.54, 1.807) is 23.9 Å². The number of nitrogens with zero attached hydrogens (tertiary/aromatic N) is 1. The summed E-state index contributed by atoms with van der Waals surface area (Å²) >= 11 is 1.56. The monoisotopic (exact) mass is 250 g/mol. The predicted molar refractivity (Wildman–Crippen MR) is 71.2 cm³/mol. The van der Waals surface area contributed by atoms with Crippen LogP contribution in [-0.2, 0) is 4.79 Å². The normalized spacial score (nSPS) is 10.4. The van der Waals surface area contributed by atoms with Crippen molar-refractivity contribution in [1.82, 2.24) is 10.3 Å². The van der Waals surface area contributed by atoms with Gasteiger partial charge >= 0.3 is 0 Å². The molecule has 1 heterocycles. The average Bonchev–Trinajstić information content (AvgIpc) is 2.81. The van der Waals surface area contributed by atoms with Crippen molar-refractivity contribution in [2.75, 3.05) is 24.6 Å². The second kappa shape index (κ2) is 5.01. The lowest BCUT2D eigenvalue weighted by molar-refractivity contribution is -0.120. The first kappa shape index (κ1) is 11.7. The summed E-state index contributed by atoms with van der Waals surface area (Å²) in [5.41, 5.74) is 10.1. The van der Waals surface area contributed by atoms with Crippen LogP contribution >= 0.6 is 11.3 Å². The van der Waals surface area contributed by atoms with Crippen LogP contribution in [0.1, 0.15) is 6.42 Å². The SMILES string of the molecule is CNC(=O)CCNc1ccc2scnc2c1N. The van der Waals surface area contributed by atoms with Gasteiger partial charge in [-0.3, -0.25) is 4.79 Å². The van der Waals surface area contributed by atoms with E-state index in [-0.39, 0.29) is 5.91 Å². The van der Waals surface area contributed by atoms with Gasteiger partial charge in [-0.05, 0) is 12.1 Å². The molecule has 0 radical (unpaired) electrons. The Kier molecular flexibility index (Phi) is 3.43. The summed E-state index contributed by atoms with van der Waals surface area (Å²) < 4.78 is 1.07. The highest BCUT2D eigenvalue weighted by molar-refractivity contribution is 7.16. The van der Waals surface area contributed by atoms with Gasteiger partial charge in [-0.25, -0.2) is 4.98 Å². The Morgan fingerprint density at radius 1 is 1.53 bits per heavy atom. The minimum absolute atomic E-state index is 0.00538. The Hall–Kier alpha value is -1.82. The summed E-state index contributed by atoms with van der Waals surface area (Å²) in [6.45, 7) is 0.555. The topological polar surface area (TPSA) is 80.0 Å². The fraction of sp³-hybridized carbons (Fsp3) is 0.273. The van der Waals surface area contributed by atoms with Gasteiger partial charge in [-0.2, -0.15) is 0 Å². The molecule has 1 amide bonds. The molecule has 17 heavy (non-hydrogen) atoms. The fourth-order valence-electron chi connectivity index (χ4n) is 1.54. The smallest absolute Gasteiger partial charge is 0.221 e. The van der Waals surface area contributed by atoms with Gasteiger partial charge in [0.25, 0.3) is 0 Å².